The first-order valence-corrected chi connectivity index (χ1v) is 7.26. The van der Waals surface area contributed by atoms with Crippen LogP contribution in [0.5, 0.6) is 0 Å². The second-order valence-corrected chi connectivity index (χ2v) is 6.62. The van der Waals surface area contributed by atoms with Crippen molar-refractivity contribution in [1.82, 2.24) is 5.32 Å². The van der Waals surface area contributed by atoms with Crippen LogP contribution < -0.4 is 5.32 Å². The molecular weight excluding hydrogens is 210 g/mol. The van der Waals surface area contributed by atoms with E-state index >= 15 is 0 Å². The van der Waals surface area contributed by atoms with Gasteiger partial charge in [-0.3, -0.25) is 0 Å². The van der Waals surface area contributed by atoms with Gasteiger partial charge in [-0.15, -0.1) is 0 Å². The van der Waals surface area contributed by atoms with E-state index in [0.29, 0.717) is 11.5 Å². The van der Waals surface area contributed by atoms with Gasteiger partial charge in [0.15, 0.2) is 0 Å². The summed E-state index contributed by atoms with van der Waals surface area (Å²) in [5, 5.41) is 3.63. The van der Waals surface area contributed by atoms with Crippen molar-refractivity contribution in [3.8, 4) is 0 Å². The Bertz CT molecular complexity index is 195. The number of rotatable bonds is 9. The molecular formula is C15H31NO. The lowest BCUT2D eigenvalue weighted by molar-refractivity contribution is 0.0487. The molecule has 1 fully saturated rings. The van der Waals surface area contributed by atoms with Crippen LogP contribution in [0.25, 0.3) is 0 Å². The lowest BCUT2D eigenvalue weighted by Gasteiger charge is -2.31. The van der Waals surface area contributed by atoms with Gasteiger partial charge in [0.05, 0.1) is 6.10 Å². The van der Waals surface area contributed by atoms with Crippen LogP contribution in [0.3, 0.4) is 0 Å². The molecule has 17 heavy (non-hydrogen) atoms. The summed E-state index contributed by atoms with van der Waals surface area (Å²) in [6.45, 7) is 14.4. The topological polar surface area (TPSA) is 21.3 Å². The lowest BCUT2D eigenvalue weighted by atomic mass is 9.81. The number of ether oxygens (including phenoxy) is 1. The minimum atomic E-state index is 0.363. The maximum Gasteiger partial charge on any atom is 0.0518 e. The number of nitrogens with one attached hydrogen (secondary N) is 1. The van der Waals surface area contributed by atoms with E-state index in [1.165, 1.54) is 19.3 Å². The van der Waals surface area contributed by atoms with Crippen molar-refractivity contribution in [3.63, 3.8) is 0 Å². The molecule has 0 aromatic carbocycles. The van der Waals surface area contributed by atoms with Crippen molar-refractivity contribution >= 4 is 0 Å². The predicted molar refractivity (Wildman–Crippen MR) is 74.2 cm³/mol. The average molecular weight is 241 g/mol. The van der Waals surface area contributed by atoms with Gasteiger partial charge >= 0.3 is 0 Å². The highest BCUT2D eigenvalue weighted by atomic mass is 16.5. The zero-order valence-corrected chi connectivity index (χ0v) is 12.4. The standard InChI is InChI=1S/C15H31NO/c1-12(2)10-16-11-15(5,14-6-7-14)8-9-17-13(3)4/h12-14,16H,6-11H2,1-5H3. The second-order valence-electron chi connectivity index (χ2n) is 6.62. The van der Waals surface area contributed by atoms with E-state index in [4.69, 9.17) is 4.74 Å². The summed E-state index contributed by atoms with van der Waals surface area (Å²) in [5.74, 6) is 1.67. The van der Waals surface area contributed by atoms with E-state index in [0.717, 1.165) is 31.5 Å². The third-order valence-electron chi connectivity index (χ3n) is 3.77. The molecule has 0 spiro atoms. The second kappa shape index (κ2) is 6.75. The van der Waals surface area contributed by atoms with Crippen molar-refractivity contribution in [3.05, 3.63) is 0 Å². The van der Waals surface area contributed by atoms with Gasteiger partial charge in [-0.1, -0.05) is 20.8 Å². The molecule has 1 unspecified atom stereocenters. The van der Waals surface area contributed by atoms with Crippen LogP contribution in [0.1, 0.15) is 53.9 Å². The molecule has 0 amide bonds. The Morgan fingerprint density at radius 3 is 2.35 bits per heavy atom. The maximum absolute atomic E-state index is 5.72. The van der Waals surface area contributed by atoms with Gasteiger partial charge in [-0.25, -0.2) is 0 Å². The molecule has 2 nitrogen and oxygen atoms in total. The Kier molecular flexibility index (Phi) is 5.94. The number of hydrogen-bond acceptors (Lipinski definition) is 2. The fourth-order valence-corrected chi connectivity index (χ4v) is 2.39. The van der Waals surface area contributed by atoms with E-state index in [-0.39, 0.29) is 0 Å². The van der Waals surface area contributed by atoms with Gasteiger partial charge in [-0.2, -0.15) is 0 Å². The largest absolute Gasteiger partial charge is 0.379 e. The van der Waals surface area contributed by atoms with E-state index < -0.39 is 0 Å². The molecule has 2 heteroatoms. The average Bonchev–Trinajstić information content (AvgIpc) is 2.99. The minimum Gasteiger partial charge on any atom is -0.379 e. The van der Waals surface area contributed by atoms with Crippen LogP contribution >= 0.6 is 0 Å². The third-order valence-corrected chi connectivity index (χ3v) is 3.77. The maximum atomic E-state index is 5.72. The molecule has 1 saturated carbocycles. The van der Waals surface area contributed by atoms with Gasteiger partial charge in [0.2, 0.25) is 0 Å². The third kappa shape index (κ3) is 5.87. The molecule has 102 valence electrons. The van der Waals surface area contributed by atoms with E-state index in [1.807, 2.05) is 0 Å². The zero-order valence-electron chi connectivity index (χ0n) is 12.4. The monoisotopic (exact) mass is 241 g/mol. The van der Waals surface area contributed by atoms with Crippen LogP contribution in [-0.2, 0) is 4.74 Å². The van der Waals surface area contributed by atoms with Crippen LogP contribution in [0.15, 0.2) is 0 Å². The van der Waals surface area contributed by atoms with Gasteiger partial charge in [-0.05, 0) is 56.9 Å². The first-order valence-electron chi connectivity index (χ1n) is 7.26. The summed E-state index contributed by atoms with van der Waals surface area (Å²) in [6, 6.07) is 0. The molecule has 0 heterocycles. The normalized spacial score (nSPS) is 19.9. The molecule has 1 N–H and O–H groups in total. The molecule has 1 rings (SSSR count). The Morgan fingerprint density at radius 2 is 1.88 bits per heavy atom. The fraction of sp³-hybridized carbons (Fsp3) is 1.00. The van der Waals surface area contributed by atoms with Gasteiger partial charge in [0.1, 0.15) is 0 Å². The lowest BCUT2D eigenvalue weighted by Crippen LogP contribution is -2.36. The number of hydrogen-bond donors (Lipinski definition) is 1. The predicted octanol–water partition coefficient (Wildman–Crippen LogP) is 3.46. The van der Waals surface area contributed by atoms with E-state index in [1.54, 1.807) is 0 Å². The van der Waals surface area contributed by atoms with Gasteiger partial charge in [0, 0.05) is 13.2 Å². The smallest absolute Gasteiger partial charge is 0.0518 e. The Morgan fingerprint density at radius 1 is 1.24 bits per heavy atom. The Hall–Kier alpha value is -0.0800. The highest BCUT2D eigenvalue weighted by Gasteiger charge is 2.40. The molecule has 0 aromatic rings. The van der Waals surface area contributed by atoms with Crippen LogP contribution in [0, 0.1) is 17.3 Å². The van der Waals surface area contributed by atoms with Crippen LogP contribution in [-0.4, -0.2) is 25.8 Å². The molecule has 1 atom stereocenters. The van der Waals surface area contributed by atoms with Crippen LogP contribution in [0.4, 0.5) is 0 Å². The molecule has 0 aliphatic heterocycles. The summed E-state index contributed by atoms with van der Waals surface area (Å²) in [5.41, 5.74) is 0.448. The van der Waals surface area contributed by atoms with Gasteiger partial charge in [0.25, 0.3) is 0 Å². The van der Waals surface area contributed by atoms with Crippen molar-refractivity contribution in [2.75, 3.05) is 19.7 Å². The van der Waals surface area contributed by atoms with Crippen LogP contribution in [0.2, 0.25) is 0 Å². The quantitative estimate of drug-likeness (QED) is 0.667. The molecule has 1 aliphatic rings. The highest BCUT2D eigenvalue weighted by molar-refractivity contribution is 4.92. The molecule has 0 saturated heterocycles. The minimum absolute atomic E-state index is 0.363. The summed E-state index contributed by atoms with van der Waals surface area (Å²) >= 11 is 0. The summed E-state index contributed by atoms with van der Waals surface area (Å²) in [7, 11) is 0. The van der Waals surface area contributed by atoms with Crippen molar-refractivity contribution in [1.29, 1.82) is 0 Å². The Labute approximate surface area is 108 Å². The van der Waals surface area contributed by atoms with E-state index in [2.05, 4.69) is 39.9 Å². The first-order chi connectivity index (χ1) is 7.94. The van der Waals surface area contributed by atoms with E-state index in [9.17, 15) is 0 Å². The molecule has 0 radical (unpaired) electrons. The van der Waals surface area contributed by atoms with Gasteiger partial charge < -0.3 is 10.1 Å². The van der Waals surface area contributed by atoms with Crippen molar-refractivity contribution in [2.45, 2.75) is 60.0 Å². The summed E-state index contributed by atoms with van der Waals surface area (Å²) in [6.07, 6.45) is 4.39. The molecule has 0 bridgehead atoms. The fourth-order valence-electron chi connectivity index (χ4n) is 2.39. The molecule has 0 aromatic heterocycles. The molecule has 1 aliphatic carbocycles. The highest BCUT2D eigenvalue weighted by Crippen LogP contribution is 2.47. The van der Waals surface area contributed by atoms with Crippen molar-refractivity contribution < 1.29 is 4.74 Å². The van der Waals surface area contributed by atoms with Crippen molar-refractivity contribution in [2.24, 2.45) is 17.3 Å². The summed E-state index contributed by atoms with van der Waals surface area (Å²) < 4.78 is 5.72. The zero-order chi connectivity index (χ0) is 12.9. The SMILES string of the molecule is CC(C)CNCC(C)(CCOC(C)C)C1CC1. The Balaban J connectivity index is 2.28. The summed E-state index contributed by atoms with van der Waals surface area (Å²) in [4.78, 5) is 0. The first kappa shape index (κ1) is 15.0.